The number of fused-ring (bicyclic) bond motifs is 7. The molecule has 1 heterocycles. The van der Waals surface area contributed by atoms with Gasteiger partial charge in [0.2, 0.25) is 0 Å². The molecule has 0 saturated heterocycles. The quantitative estimate of drug-likeness (QED) is 0.156. The molecule has 11 aromatic rings. The smallest absolute Gasteiger partial charge is 0.0541 e. The summed E-state index contributed by atoms with van der Waals surface area (Å²) in [6.45, 7) is 4.72. The van der Waals surface area contributed by atoms with Crippen molar-refractivity contribution >= 4 is 49.6 Å². The van der Waals surface area contributed by atoms with E-state index in [2.05, 4.69) is 254 Å². The Hall–Kier alpha value is -7.94. The Kier molecular flexibility index (Phi) is 8.55. The number of hydrogen-bond donors (Lipinski definition) is 0. The lowest BCUT2D eigenvalue weighted by Gasteiger charge is -2.28. The minimum atomic E-state index is -0.116. The van der Waals surface area contributed by atoms with E-state index in [-0.39, 0.29) is 5.41 Å². The third-order valence-electron chi connectivity index (χ3n) is 13.4. The van der Waals surface area contributed by atoms with Gasteiger partial charge in [-0.05, 0) is 133 Å². The highest BCUT2D eigenvalue weighted by Crippen LogP contribution is 2.51. The molecule has 1 aromatic heterocycles. The fourth-order valence-corrected chi connectivity index (χ4v) is 10.3. The number of benzene rings is 10. The van der Waals surface area contributed by atoms with Crippen molar-refractivity contribution in [2.45, 2.75) is 19.3 Å². The molecule has 0 fully saturated rings. The lowest BCUT2D eigenvalue weighted by Crippen LogP contribution is -2.16. The Morgan fingerprint density at radius 2 is 0.921 bits per heavy atom. The van der Waals surface area contributed by atoms with Crippen molar-refractivity contribution < 1.29 is 0 Å². The molecule has 0 N–H and O–H groups in total. The SMILES string of the molecule is CC1(C)c2ccccc2-c2ccc(N(c3ccc(-c4ccc5c(c4)c4ccccc4n5-c4cccc(-c5ccccc5)c4)cc3)c3cccc(-c4cccc5ccccc45)c3)cc21. The molecule has 2 nitrogen and oxygen atoms in total. The van der Waals surface area contributed by atoms with Crippen LogP contribution >= 0.6 is 0 Å². The number of hydrogen-bond acceptors (Lipinski definition) is 1. The van der Waals surface area contributed by atoms with Crippen LogP contribution in [0.4, 0.5) is 17.1 Å². The van der Waals surface area contributed by atoms with Crippen LogP contribution in [-0.2, 0) is 5.41 Å². The van der Waals surface area contributed by atoms with E-state index in [0.29, 0.717) is 0 Å². The van der Waals surface area contributed by atoms with Gasteiger partial charge >= 0.3 is 0 Å². The topological polar surface area (TPSA) is 8.17 Å². The molecule has 0 amide bonds. The molecule has 2 heteroatoms. The number of para-hydroxylation sites is 1. The molecule has 0 radical (unpaired) electrons. The van der Waals surface area contributed by atoms with Crippen molar-refractivity contribution in [3.05, 3.63) is 242 Å². The lowest BCUT2D eigenvalue weighted by atomic mass is 9.82. The van der Waals surface area contributed by atoms with Gasteiger partial charge in [0.05, 0.1) is 11.0 Å². The van der Waals surface area contributed by atoms with Gasteiger partial charge in [-0.25, -0.2) is 0 Å². The Morgan fingerprint density at radius 3 is 1.81 bits per heavy atom. The van der Waals surface area contributed by atoms with Crippen molar-refractivity contribution in [1.82, 2.24) is 4.57 Å². The average molecular weight is 805 g/mol. The Morgan fingerprint density at radius 1 is 0.333 bits per heavy atom. The van der Waals surface area contributed by atoms with Crippen LogP contribution in [0.3, 0.4) is 0 Å². The van der Waals surface area contributed by atoms with E-state index < -0.39 is 0 Å². The molecular formula is C61H44N2. The summed E-state index contributed by atoms with van der Waals surface area (Å²) in [6.07, 6.45) is 0. The van der Waals surface area contributed by atoms with Gasteiger partial charge in [-0.3, -0.25) is 0 Å². The monoisotopic (exact) mass is 804 g/mol. The fourth-order valence-electron chi connectivity index (χ4n) is 10.3. The van der Waals surface area contributed by atoms with E-state index >= 15 is 0 Å². The summed E-state index contributed by atoms with van der Waals surface area (Å²) < 4.78 is 2.41. The summed E-state index contributed by atoms with van der Waals surface area (Å²) in [7, 11) is 0. The second-order valence-electron chi connectivity index (χ2n) is 17.4. The van der Waals surface area contributed by atoms with Crippen LogP contribution < -0.4 is 4.90 Å². The molecule has 10 aromatic carbocycles. The Balaban J connectivity index is 0.966. The highest BCUT2D eigenvalue weighted by atomic mass is 15.1. The normalized spacial score (nSPS) is 12.7. The van der Waals surface area contributed by atoms with Crippen LogP contribution in [0.5, 0.6) is 0 Å². The van der Waals surface area contributed by atoms with E-state index in [1.54, 1.807) is 0 Å². The van der Waals surface area contributed by atoms with Crippen LogP contribution in [0, 0.1) is 0 Å². The molecule has 0 aliphatic heterocycles. The predicted molar refractivity (Wildman–Crippen MR) is 267 cm³/mol. The largest absolute Gasteiger partial charge is 0.310 e. The third kappa shape index (κ3) is 6.09. The maximum absolute atomic E-state index is 2.43. The van der Waals surface area contributed by atoms with Crippen LogP contribution in [0.25, 0.3) is 82.8 Å². The van der Waals surface area contributed by atoms with Crippen LogP contribution in [-0.4, -0.2) is 4.57 Å². The highest BCUT2D eigenvalue weighted by molar-refractivity contribution is 6.10. The van der Waals surface area contributed by atoms with Gasteiger partial charge in [0.15, 0.2) is 0 Å². The maximum Gasteiger partial charge on any atom is 0.0541 e. The minimum absolute atomic E-state index is 0.116. The second kappa shape index (κ2) is 14.6. The van der Waals surface area contributed by atoms with Crippen molar-refractivity contribution in [3.63, 3.8) is 0 Å². The van der Waals surface area contributed by atoms with Crippen molar-refractivity contribution in [3.8, 4) is 50.2 Å². The molecule has 1 aliphatic rings. The zero-order valence-corrected chi connectivity index (χ0v) is 35.3. The maximum atomic E-state index is 2.43. The summed E-state index contributed by atoms with van der Waals surface area (Å²) in [4.78, 5) is 2.43. The van der Waals surface area contributed by atoms with Gasteiger partial charge < -0.3 is 9.47 Å². The molecule has 0 bridgehead atoms. The third-order valence-corrected chi connectivity index (χ3v) is 13.4. The fraction of sp³-hybridized carbons (Fsp3) is 0.0492. The lowest BCUT2D eigenvalue weighted by molar-refractivity contribution is 0.660. The molecule has 63 heavy (non-hydrogen) atoms. The summed E-state index contributed by atoms with van der Waals surface area (Å²) in [5.74, 6) is 0. The summed E-state index contributed by atoms with van der Waals surface area (Å²) in [6, 6.07) is 84.6. The van der Waals surface area contributed by atoms with Gasteiger partial charge in [0, 0.05) is 38.9 Å². The molecule has 0 unspecified atom stereocenters. The first-order valence-electron chi connectivity index (χ1n) is 21.9. The van der Waals surface area contributed by atoms with Crippen LogP contribution in [0.15, 0.2) is 231 Å². The first-order valence-corrected chi connectivity index (χ1v) is 21.9. The zero-order valence-electron chi connectivity index (χ0n) is 35.3. The van der Waals surface area contributed by atoms with Gasteiger partial charge in [-0.1, -0.05) is 178 Å². The minimum Gasteiger partial charge on any atom is -0.310 e. The first kappa shape index (κ1) is 36.9. The second-order valence-corrected chi connectivity index (χ2v) is 17.4. The number of aromatic nitrogens is 1. The summed E-state index contributed by atoms with van der Waals surface area (Å²) in [5, 5.41) is 4.99. The van der Waals surface area contributed by atoms with E-state index in [0.717, 1.165) is 22.7 Å². The van der Waals surface area contributed by atoms with Gasteiger partial charge in [-0.15, -0.1) is 0 Å². The molecule has 12 rings (SSSR count). The van der Waals surface area contributed by atoms with Crippen molar-refractivity contribution in [1.29, 1.82) is 0 Å². The molecule has 0 spiro atoms. The first-order chi connectivity index (χ1) is 31.0. The average Bonchev–Trinajstić information content (AvgIpc) is 3.79. The zero-order chi connectivity index (χ0) is 42.1. The van der Waals surface area contributed by atoms with Gasteiger partial charge in [0.1, 0.15) is 0 Å². The van der Waals surface area contributed by atoms with E-state index in [1.165, 1.54) is 88.2 Å². The molecular weight excluding hydrogens is 761 g/mol. The van der Waals surface area contributed by atoms with E-state index in [1.807, 2.05) is 0 Å². The standard InChI is InChI=1S/C61H44N2/c1-61(2)57-27-10-8-24-53(57)54-35-34-50(40-58(54)61)62(48-21-13-20-46(38-48)52-26-14-18-43-17-6-7-23-51(43)52)47-32-29-42(30-33-47)45-31-36-60-56(39-45)55-25-9-11-28-59(55)63(60)49-22-12-19-44(37-49)41-15-4-3-5-16-41/h3-40H,1-2H3. The van der Waals surface area contributed by atoms with Crippen LogP contribution in [0.2, 0.25) is 0 Å². The number of rotatable bonds is 7. The number of anilines is 3. The molecule has 298 valence electrons. The van der Waals surface area contributed by atoms with Crippen LogP contribution in [0.1, 0.15) is 25.0 Å². The van der Waals surface area contributed by atoms with E-state index in [9.17, 15) is 0 Å². The molecule has 0 saturated carbocycles. The Bertz CT molecular complexity index is 3530. The Labute approximate surface area is 368 Å². The predicted octanol–water partition coefficient (Wildman–Crippen LogP) is 16.7. The molecule has 1 aliphatic carbocycles. The molecule has 0 atom stereocenters. The summed E-state index contributed by atoms with van der Waals surface area (Å²) in [5.41, 5.74) is 19.4. The van der Waals surface area contributed by atoms with Crippen molar-refractivity contribution in [2.24, 2.45) is 0 Å². The van der Waals surface area contributed by atoms with Gasteiger partial charge in [0.25, 0.3) is 0 Å². The van der Waals surface area contributed by atoms with Crippen molar-refractivity contribution in [2.75, 3.05) is 4.90 Å². The summed E-state index contributed by atoms with van der Waals surface area (Å²) >= 11 is 0. The number of nitrogens with zero attached hydrogens (tertiary/aromatic N) is 2. The highest BCUT2D eigenvalue weighted by Gasteiger charge is 2.35. The van der Waals surface area contributed by atoms with E-state index in [4.69, 9.17) is 0 Å². The van der Waals surface area contributed by atoms with Gasteiger partial charge in [-0.2, -0.15) is 0 Å².